The molecule has 7 heteroatoms. The molecule has 1 aliphatic rings. The Morgan fingerprint density at radius 1 is 1.08 bits per heavy atom. The number of piperidine rings is 1. The average molecular weight is 507 g/mol. The molecule has 0 unspecified atom stereocenters. The molecule has 38 heavy (non-hydrogen) atoms. The molecule has 0 saturated carbocycles. The first-order valence-corrected chi connectivity index (χ1v) is 12.8. The SMILES string of the molecule is COc1ccc2nccc([C@@H](O)CN3CCC(NC(=O)c4ccc(-c5ccc(C#N)cc5)cc4)CC3)c2c1. The molecular formula is C31H30N4O3. The van der Waals surface area contributed by atoms with Gasteiger partial charge in [-0.15, -0.1) is 0 Å². The fourth-order valence-electron chi connectivity index (χ4n) is 4.99. The Labute approximate surface area is 222 Å². The Balaban J connectivity index is 1.14. The summed E-state index contributed by atoms with van der Waals surface area (Å²) in [7, 11) is 1.63. The van der Waals surface area contributed by atoms with Crippen LogP contribution in [-0.2, 0) is 0 Å². The number of likely N-dealkylation sites (tertiary alicyclic amines) is 1. The van der Waals surface area contributed by atoms with Crippen LogP contribution in [0.4, 0.5) is 0 Å². The van der Waals surface area contributed by atoms with E-state index in [1.54, 1.807) is 25.4 Å². The number of pyridine rings is 1. The molecule has 1 saturated heterocycles. The zero-order valence-corrected chi connectivity index (χ0v) is 21.3. The molecule has 0 spiro atoms. The number of β-amino-alcohol motifs (C(OH)–C–C–N with tert-alkyl or cyclic N) is 1. The molecule has 1 aliphatic heterocycles. The highest BCUT2D eigenvalue weighted by Gasteiger charge is 2.24. The van der Waals surface area contributed by atoms with Crippen LogP contribution in [0.15, 0.2) is 79.0 Å². The molecule has 1 amide bonds. The highest BCUT2D eigenvalue weighted by molar-refractivity contribution is 5.95. The van der Waals surface area contributed by atoms with Crippen molar-refractivity contribution in [2.24, 2.45) is 0 Å². The number of carbonyl (C=O) groups excluding carboxylic acids is 1. The van der Waals surface area contributed by atoms with Crippen molar-refractivity contribution in [1.82, 2.24) is 15.2 Å². The summed E-state index contributed by atoms with van der Waals surface area (Å²) in [5.74, 6) is 0.659. The Hall–Kier alpha value is -4.25. The summed E-state index contributed by atoms with van der Waals surface area (Å²) < 4.78 is 5.35. The predicted molar refractivity (Wildman–Crippen MR) is 147 cm³/mol. The fraction of sp³-hybridized carbons (Fsp3) is 0.258. The lowest BCUT2D eigenvalue weighted by molar-refractivity contribution is 0.0831. The number of methoxy groups -OCH3 is 1. The predicted octanol–water partition coefficient (Wildman–Crippen LogP) is 4.71. The van der Waals surface area contributed by atoms with Gasteiger partial charge in [0.15, 0.2) is 0 Å². The third-order valence-electron chi connectivity index (χ3n) is 7.19. The van der Waals surface area contributed by atoms with Gasteiger partial charge in [-0.05, 0) is 78.1 Å². The molecule has 1 fully saturated rings. The number of carbonyl (C=O) groups is 1. The summed E-state index contributed by atoms with van der Waals surface area (Å²) >= 11 is 0. The lowest BCUT2D eigenvalue weighted by Gasteiger charge is -2.33. The highest BCUT2D eigenvalue weighted by Crippen LogP contribution is 2.28. The first-order chi connectivity index (χ1) is 18.5. The maximum atomic E-state index is 12.8. The molecule has 7 nitrogen and oxygen atoms in total. The van der Waals surface area contributed by atoms with Crippen molar-refractivity contribution in [3.63, 3.8) is 0 Å². The van der Waals surface area contributed by atoms with Gasteiger partial charge in [-0.2, -0.15) is 5.26 Å². The number of nitrogens with one attached hydrogen (secondary N) is 1. The van der Waals surface area contributed by atoms with Crippen LogP contribution in [0.1, 0.15) is 40.4 Å². The van der Waals surface area contributed by atoms with E-state index in [9.17, 15) is 9.90 Å². The first kappa shape index (κ1) is 25.4. The molecule has 192 valence electrons. The van der Waals surface area contributed by atoms with E-state index in [2.05, 4.69) is 21.3 Å². The maximum Gasteiger partial charge on any atom is 0.251 e. The van der Waals surface area contributed by atoms with Crippen molar-refractivity contribution in [2.75, 3.05) is 26.7 Å². The van der Waals surface area contributed by atoms with Crippen LogP contribution >= 0.6 is 0 Å². The number of nitrogens with zero attached hydrogens (tertiary/aromatic N) is 3. The van der Waals surface area contributed by atoms with Crippen LogP contribution < -0.4 is 10.1 Å². The molecule has 3 aromatic carbocycles. The van der Waals surface area contributed by atoms with Crippen LogP contribution in [0.25, 0.3) is 22.0 Å². The Morgan fingerprint density at radius 2 is 1.76 bits per heavy atom. The number of ether oxygens (including phenoxy) is 1. The monoisotopic (exact) mass is 506 g/mol. The fourth-order valence-corrected chi connectivity index (χ4v) is 4.99. The number of aliphatic hydroxyl groups is 1. The van der Waals surface area contributed by atoms with Gasteiger partial charge in [0.2, 0.25) is 0 Å². The lowest BCUT2D eigenvalue weighted by Crippen LogP contribution is -2.45. The van der Waals surface area contributed by atoms with Crippen molar-refractivity contribution >= 4 is 16.8 Å². The van der Waals surface area contributed by atoms with E-state index in [0.717, 1.165) is 59.3 Å². The summed E-state index contributed by atoms with van der Waals surface area (Å²) in [6, 6.07) is 24.7. The topological polar surface area (TPSA) is 98.5 Å². The number of fused-ring (bicyclic) bond motifs is 1. The van der Waals surface area contributed by atoms with Gasteiger partial charge in [-0.3, -0.25) is 9.78 Å². The first-order valence-electron chi connectivity index (χ1n) is 12.8. The molecule has 2 N–H and O–H groups in total. The van der Waals surface area contributed by atoms with Crippen molar-refractivity contribution in [1.29, 1.82) is 5.26 Å². The second-order valence-corrected chi connectivity index (χ2v) is 9.61. The van der Waals surface area contributed by atoms with Gasteiger partial charge >= 0.3 is 0 Å². The number of hydrogen-bond donors (Lipinski definition) is 2. The summed E-state index contributed by atoms with van der Waals surface area (Å²) in [6.07, 6.45) is 2.74. The van der Waals surface area contributed by atoms with Crippen molar-refractivity contribution in [3.05, 3.63) is 95.7 Å². The van der Waals surface area contributed by atoms with Gasteiger partial charge in [0.1, 0.15) is 5.75 Å². The molecule has 1 atom stereocenters. The summed E-state index contributed by atoms with van der Waals surface area (Å²) in [5, 5.41) is 24.1. The van der Waals surface area contributed by atoms with Crippen LogP contribution in [0.5, 0.6) is 5.75 Å². The summed E-state index contributed by atoms with van der Waals surface area (Å²) in [5.41, 5.74) is 4.92. The standard InChI is InChI=1S/C31H30N4O3/c1-38-26-10-11-29-28(18-26)27(12-15-33-29)30(36)20-35-16-13-25(14-17-35)34-31(37)24-8-6-23(7-9-24)22-4-2-21(19-32)3-5-22/h2-12,15,18,25,30,36H,13-14,16-17,20H2,1H3,(H,34,37)/t30-/m0/s1. The third-order valence-corrected chi connectivity index (χ3v) is 7.19. The second kappa shape index (κ2) is 11.4. The van der Waals surface area contributed by atoms with Gasteiger partial charge < -0.3 is 20.1 Å². The van der Waals surface area contributed by atoms with Gasteiger partial charge in [0.05, 0.1) is 30.4 Å². The lowest BCUT2D eigenvalue weighted by atomic mass is 10.00. The number of aliphatic hydroxyl groups excluding tert-OH is 1. The highest BCUT2D eigenvalue weighted by atomic mass is 16.5. The van der Waals surface area contributed by atoms with E-state index < -0.39 is 6.10 Å². The number of amides is 1. The largest absolute Gasteiger partial charge is 0.497 e. The molecule has 2 heterocycles. The van der Waals surface area contributed by atoms with E-state index in [-0.39, 0.29) is 11.9 Å². The van der Waals surface area contributed by atoms with Crippen LogP contribution in [0, 0.1) is 11.3 Å². The minimum absolute atomic E-state index is 0.0768. The van der Waals surface area contributed by atoms with Gasteiger partial charge in [-0.25, -0.2) is 0 Å². The molecular weight excluding hydrogens is 476 g/mol. The maximum absolute atomic E-state index is 12.8. The van der Waals surface area contributed by atoms with Crippen molar-refractivity contribution in [2.45, 2.75) is 25.0 Å². The number of aromatic nitrogens is 1. The van der Waals surface area contributed by atoms with E-state index >= 15 is 0 Å². The van der Waals surface area contributed by atoms with Crippen LogP contribution in [-0.4, -0.2) is 53.7 Å². The van der Waals surface area contributed by atoms with E-state index in [0.29, 0.717) is 17.7 Å². The van der Waals surface area contributed by atoms with Crippen molar-refractivity contribution in [3.8, 4) is 22.9 Å². The third kappa shape index (κ3) is 5.67. The number of hydrogen-bond acceptors (Lipinski definition) is 6. The molecule has 1 aromatic heterocycles. The van der Waals surface area contributed by atoms with Crippen molar-refractivity contribution < 1.29 is 14.6 Å². The summed E-state index contributed by atoms with van der Waals surface area (Å²) in [4.78, 5) is 19.5. The Bertz CT molecular complexity index is 1450. The van der Waals surface area contributed by atoms with E-state index in [4.69, 9.17) is 10.00 Å². The van der Waals surface area contributed by atoms with Gasteiger partial charge in [-0.1, -0.05) is 24.3 Å². The molecule has 0 bridgehead atoms. The van der Waals surface area contributed by atoms with Gasteiger partial charge in [0, 0.05) is 42.8 Å². The van der Waals surface area contributed by atoms with Crippen LogP contribution in [0.3, 0.4) is 0 Å². The quantitative estimate of drug-likeness (QED) is 0.377. The Kier molecular flexibility index (Phi) is 7.64. The number of rotatable bonds is 7. The minimum atomic E-state index is -0.645. The second-order valence-electron chi connectivity index (χ2n) is 9.61. The molecule has 0 aliphatic carbocycles. The normalized spacial score (nSPS) is 15.1. The van der Waals surface area contributed by atoms with E-state index in [1.165, 1.54) is 0 Å². The molecule has 5 rings (SSSR count). The smallest absolute Gasteiger partial charge is 0.251 e. The molecule has 0 radical (unpaired) electrons. The summed E-state index contributed by atoms with van der Waals surface area (Å²) in [6.45, 7) is 2.12. The Morgan fingerprint density at radius 3 is 2.42 bits per heavy atom. The molecule has 4 aromatic rings. The van der Waals surface area contributed by atoms with E-state index in [1.807, 2.05) is 60.7 Å². The zero-order valence-electron chi connectivity index (χ0n) is 21.3. The van der Waals surface area contributed by atoms with Gasteiger partial charge in [0.25, 0.3) is 5.91 Å². The number of nitriles is 1. The van der Waals surface area contributed by atoms with Crippen LogP contribution in [0.2, 0.25) is 0 Å². The average Bonchev–Trinajstić information content (AvgIpc) is 2.97. The number of benzene rings is 3. The zero-order chi connectivity index (χ0) is 26.5. The minimum Gasteiger partial charge on any atom is -0.497 e.